The van der Waals surface area contributed by atoms with Crippen LogP contribution in [0.3, 0.4) is 0 Å². The monoisotopic (exact) mass is 334 g/mol. The van der Waals surface area contributed by atoms with Crippen molar-refractivity contribution in [3.63, 3.8) is 0 Å². The summed E-state index contributed by atoms with van der Waals surface area (Å²) >= 11 is 0. The highest BCUT2D eigenvalue weighted by molar-refractivity contribution is 5.79. The number of aromatic nitrogens is 2. The third kappa shape index (κ3) is 7.34. The number of piperidine rings is 1. The molecular weight excluding hydrogens is 300 g/mol. The van der Waals surface area contributed by atoms with Crippen LogP contribution >= 0.6 is 0 Å². The Labute approximate surface area is 146 Å². The number of rotatable bonds is 9. The van der Waals surface area contributed by atoms with E-state index in [4.69, 9.17) is 0 Å². The van der Waals surface area contributed by atoms with Crippen LogP contribution in [0.2, 0.25) is 0 Å². The maximum absolute atomic E-state index is 4.65. The molecule has 0 spiro atoms. The Kier molecular flexibility index (Phi) is 8.66. The molecular formula is C18H34N6. The van der Waals surface area contributed by atoms with Gasteiger partial charge in [0.25, 0.3) is 0 Å². The van der Waals surface area contributed by atoms with Gasteiger partial charge in [-0.05, 0) is 57.7 Å². The quantitative estimate of drug-likeness (QED) is 0.412. The van der Waals surface area contributed by atoms with Crippen molar-refractivity contribution in [3.8, 4) is 0 Å². The SMILES string of the molecule is CCNC(=NCCCn1cccn1)NCCCN1CCCC(C)C1. The molecule has 0 aliphatic carbocycles. The van der Waals surface area contributed by atoms with E-state index in [-0.39, 0.29) is 0 Å². The molecule has 6 heteroatoms. The Bertz CT molecular complexity index is 456. The molecule has 0 radical (unpaired) electrons. The summed E-state index contributed by atoms with van der Waals surface area (Å²) in [5.74, 6) is 1.80. The number of aliphatic imine (C=N–C) groups is 1. The predicted molar refractivity (Wildman–Crippen MR) is 100 cm³/mol. The van der Waals surface area contributed by atoms with Gasteiger partial charge in [-0.2, -0.15) is 5.10 Å². The molecule has 24 heavy (non-hydrogen) atoms. The normalized spacial score (nSPS) is 19.4. The smallest absolute Gasteiger partial charge is 0.191 e. The Hall–Kier alpha value is -1.56. The standard InChI is InChI=1S/C18H34N6/c1-3-19-18(21-10-6-14-24-15-7-11-22-24)20-9-5-13-23-12-4-8-17(2)16-23/h7,11,15,17H,3-6,8-10,12-14,16H2,1-2H3,(H2,19,20,21). The molecule has 2 rings (SSSR count). The van der Waals surface area contributed by atoms with Gasteiger partial charge < -0.3 is 15.5 Å². The predicted octanol–water partition coefficient (Wildman–Crippen LogP) is 1.95. The van der Waals surface area contributed by atoms with E-state index < -0.39 is 0 Å². The van der Waals surface area contributed by atoms with Crippen molar-refractivity contribution in [2.24, 2.45) is 10.9 Å². The van der Waals surface area contributed by atoms with E-state index >= 15 is 0 Å². The Balaban J connectivity index is 1.60. The van der Waals surface area contributed by atoms with E-state index in [2.05, 4.69) is 39.5 Å². The van der Waals surface area contributed by atoms with Gasteiger partial charge in [0, 0.05) is 45.1 Å². The van der Waals surface area contributed by atoms with Crippen molar-refractivity contribution in [1.29, 1.82) is 0 Å². The van der Waals surface area contributed by atoms with Crippen LogP contribution in [0.25, 0.3) is 0 Å². The summed E-state index contributed by atoms with van der Waals surface area (Å²) in [5.41, 5.74) is 0. The van der Waals surface area contributed by atoms with E-state index in [1.807, 2.05) is 23.1 Å². The zero-order valence-electron chi connectivity index (χ0n) is 15.4. The summed E-state index contributed by atoms with van der Waals surface area (Å²) in [6, 6.07) is 1.96. The van der Waals surface area contributed by atoms with E-state index in [1.165, 1.54) is 38.9 Å². The van der Waals surface area contributed by atoms with Gasteiger partial charge in [-0.3, -0.25) is 9.67 Å². The lowest BCUT2D eigenvalue weighted by Crippen LogP contribution is -2.40. The van der Waals surface area contributed by atoms with E-state index in [0.717, 1.165) is 44.5 Å². The van der Waals surface area contributed by atoms with Crippen molar-refractivity contribution in [2.45, 2.75) is 46.1 Å². The van der Waals surface area contributed by atoms with Gasteiger partial charge in [-0.1, -0.05) is 6.92 Å². The Morgan fingerprint density at radius 1 is 1.29 bits per heavy atom. The van der Waals surface area contributed by atoms with E-state index in [1.54, 1.807) is 0 Å². The number of hydrogen-bond donors (Lipinski definition) is 2. The lowest BCUT2D eigenvalue weighted by atomic mass is 10.0. The molecule has 0 aromatic carbocycles. The van der Waals surface area contributed by atoms with Gasteiger partial charge in [0.15, 0.2) is 5.96 Å². The number of nitrogens with zero attached hydrogens (tertiary/aromatic N) is 4. The molecule has 2 heterocycles. The van der Waals surface area contributed by atoms with Gasteiger partial charge in [-0.25, -0.2) is 0 Å². The van der Waals surface area contributed by atoms with Crippen LogP contribution in [-0.2, 0) is 6.54 Å². The summed E-state index contributed by atoms with van der Waals surface area (Å²) in [6.45, 7) is 11.8. The Morgan fingerprint density at radius 2 is 2.21 bits per heavy atom. The maximum Gasteiger partial charge on any atom is 0.191 e. The number of guanidine groups is 1. The molecule has 0 bridgehead atoms. The van der Waals surface area contributed by atoms with E-state index in [0.29, 0.717) is 0 Å². The fourth-order valence-corrected chi connectivity index (χ4v) is 3.20. The first-order valence-electron chi connectivity index (χ1n) is 9.50. The summed E-state index contributed by atoms with van der Waals surface area (Å²) in [4.78, 5) is 7.25. The highest BCUT2D eigenvalue weighted by Gasteiger charge is 2.15. The first kappa shape index (κ1) is 18.8. The molecule has 1 atom stereocenters. The van der Waals surface area contributed by atoms with Crippen LogP contribution in [0.1, 0.15) is 39.5 Å². The summed E-state index contributed by atoms with van der Waals surface area (Å²) < 4.78 is 1.95. The van der Waals surface area contributed by atoms with Crippen LogP contribution < -0.4 is 10.6 Å². The second-order valence-electron chi connectivity index (χ2n) is 6.71. The third-order valence-corrected chi connectivity index (χ3v) is 4.40. The first-order valence-corrected chi connectivity index (χ1v) is 9.50. The second-order valence-corrected chi connectivity index (χ2v) is 6.71. The van der Waals surface area contributed by atoms with Crippen LogP contribution in [-0.4, -0.2) is 59.9 Å². The molecule has 1 aliphatic heterocycles. The summed E-state index contributed by atoms with van der Waals surface area (Å²) in [5, 5.41) is 11.0. The molecule has 2 N–H and O–H groups in total. The highest BCUT2D eigenvalue weighted by Crippen LogP contribution is 2.15. The van der Waals surface area contributed by atoms with Crippen LogP contribution in [0.15, 0.2) is 23.5 Å². The highest BCUT2D eigenvalue weighted by atomic mass is 15.3. The third-order valence-electron chi connectivity index (χ3n) is 4.40. The van der Waals surface area contributed by atoms with Crippen molar-refractivity contribution in [2.75, 3.05) is 39.3 Å². The van der Waals surface area contributed by atoms with Crippen molar-refractivity contribution in [3.05, 3.63) is 18.5 Å². The molecule has 1 unspecified atom stereocenters. The number of hydrogen-bond acceptors (Lipinski definition) is 3. The Morgan fingerprint density at radius 3 is 2.96 bits per heavy atom. The fraction of sp³-hybridized carbons (Fsp3) is 0.778. The topological polar surface area (TPSA) is 57.5 Å². The van der Waals surface area contributed by atoms with Gasteiger partial charge in [-0.15, -0.1) is 0 Å². The molecule has 6 nitrogen and oxygen atoms in total. The zero-order valence-corrected chi connectivity index (χ0v) is 15.4. The second kappa shape index (κ2) is 11.1. The number of likely N-dealkylation sites (tertiary alicyclic amines) is 1. The van der Waals surface area contributed by atoms with Crippen molar-refractivity contribution in [1.82, 2.24) is 25.3 Å². The average molecular weight is 335 g/mol. The minimum absolute atomic E-state index is 0.818. The van der Waals surface area contributed by atoms with Gasteiger partial charge >= 0.3 is 0 Å². The molecule has 1 aromatic heterocycles. The van der Waals surface area contributed by atoms with Crippen LogP contribution in [0.5, 0.6) is 0 Å². The zero-order chi connectivity index (χ0) is 17.0. The number of aryl methyl sites for hydroxylation is 1. The molecule has 0 amide bonds. The summed E-state index contributed by atoms with van der Waals surface area (Å²) in [6.07, 6.45) is 8.74. The van der Waals surface area contributed by atoms with Crippen LogP contribution in [0.4, 0.5) is 0 Å². The summed E-state index contributed by atoms with van der Waals surface area (Å²) in [7, 11) is 0. The van der Waals surface area contributed by atoms with Crippen LogP contribution in [0, 0.1) is 5.92 Å². The molecule has 136 valence electrons. The van der Waals surface area contributed by atoms with Gasteiger partial charge in [0.1, 0.15) is 0 Å². The van der Waals surface area contributed by atoms with Crippen molar-refractivity contribution < 1.29 is 0 Å². The minimum atomic E-state index is 0.818. The fourth-order valence-electron chi connectivity index (χ4n) is 3.20. The lowest BCUT2D eigenvalue weighted by Gasteiger charge is -2.30. The molecule has 1 aromatic rings. The largest absolute Gasteiger partial charge is 0.357 e. The van der Waals surface area contributed by atoms with Gasteiger partial charge in [0.05, 0.1) is 0 Å². The minimum Gasteiger partial charge on any atom is -0.357 e. The van der Waals surface area contributed by atoms with E-state index in [9.17, 15) is 0 Å². The van der Waals surface area contributed by atoms with Crippen molar-refractivity contribution >= 4 is 5.96 Å². The molecule has 1 fully saturated rings. The molecule has 1 saturated heterocycles. The molecule has 0 saturated carbocycles. The number of nitrogens with one attached hydrogen (secondary N) is 2. The average Bonchev–Trinajstić information content (AvgIpc) is 3.09. The van der Waals surface area contributed by atoms with Gasteiger partial charge in [0.2, 0.25) is 0 Å². The molecule has 1 aliphatic rings. The lowest BCUT2D eigenvalue weighted by molar-refractivity contribution is 0.182. The first-order chi connectivity index (χ1) is 11.8. The maximum atomic E-state index is 4.65.